The maximum absolute atomic E-state index is 2.62. The smallest absolute Gasteiger partial charge is 0.0285 e. The SMILES string of the molecule is CC1(C)C=C2CC3CCC2(CS1)C3(C)C.CC1(C)CC2CC3CCC2(CS1)C3(C)C.CC1=C(C)CC2(CC(C)CCC2C(C)C)SC1.CC1CCC(C(C)C)C2(C1)CC(C)C(C)CS2.CC1CCC2C(C)CSC2C1.CC1CCSC2(C1)CC(C)CCC2C(C)C.CC1CCSC2(C1)CC1CCC2(C)C1(C)C. The summed E-state index contributed by atoms with van der Waals surface area (Å²) in [5.74, 6) is 29.1. The minimum Gasteiger partial charge on any atom is -0.158 e. The Kier molecular flexibility index (Phi) is 29.0. The molecule has 6 bridgehead atoms. The number of rotatable bonds is 3. The molecule has 25 atom stereocenters. The van der Waals surface area contributed by atoms with E-state index in [4.69, 9.17) is 0 Å². The van der Waals surface area contributed by atoms with Crippen molar-refractivity contribution in [3.8, 4) is 0 Å². The van der Waals surface area contributed by atoms with Crippen molar-refractivity contribution in [1.29, 1.82) is 0 Å². The molecular formula is C100H176S7. The molecule has 7 aliphatic heterocycles. The predicted octanol–water partition coefficient (Wildman–Crippen LogP) is 32.0. The third-order valence-electron chi connectivity index (χ3n) is 36.9. The normalized spacial score (nSPS) is 47.3. The molecule has 0 aromatic heterocycles. The highest BCUT2D eigenvalue weighted by atomic mass is 32.2. The Morgan fingerprint density at radius 2 is 0.935 bits per heavy atom. The van der Waals surface area contributed by atoms with Gasteiger partial charge in [0.05, 0.1) is 0 Å². The van der Waals surface area contributed by atoms with E-state index in [1.54, 1.807) is 11.1 Å². The summed E-state index contributed by atoms with van der Waals surface area (Å²) >= 11 is 16.0. The van der Waals surface area contributed by atoms with Gasteiger partial charge in [-0.15, -0.1) is 0 Å². The van der Waals surface area contributed by atoms with E-state index < -0.39 is 0 Å². The molecule has 0 nitrogen and oxygen atoms in total. The van der Waals surface area contributed by atoms with E-state index in [1.807, 2.05) is 5.57 Å². The molecule has 10 aliphatic carbocycles. The molecule has 10 saturated carbocycles. The standard InChI is InChI=1S/C16H30S.C16H28S.C15H26S.C15H28S.C14H24S.C14H22S.C10H18S/c2*1-11(2)15-7-6-12(3)8-16(15)9-13(4)14(5)10-17-16;1-11-6-8-16-15(9-11)10-12-5-7-14(15,4)13(12,2)3;1-11(2)14-6-5-12(3)9-15(14)10-13(4)7-8-16-15;2*1-12(2)8-11-7-10-5-6-14(11,9-15-12)13(10,3)4;1-7-3-4-9-8(2)6-11-10(9)5-7/h11-15H,6-10H2,1-5H3;11-12,15H,6-10H2,1-5H3;11-12H,5-10H2,1-4H3;11-14H,5-10H2,1-4H3;10-11H,5-9H2,1-4H3;8,10H,5-7,9H2,1-4H3;7-10H,3-6H2,1-2H3. The van der Waals surface area contributed by atoms with Gasteiger partial charge in [0.1, 0.15) is 0 Å². The first kappa shape index (κ1) is 89.7. The van der Waals surface area contributed by atoms with Crippen LogP contribution in [0.3, 0.4) is 0 Å². The summed E-state index contributed by atoms with van der Waals surface area (Å²) < 4.78 is 3.46. The van der Waals surface area contributed by atoms with Gasteiger partial charge in [0.15, 0.2) is 0 Å². The van der Waals surface area contributed by atoms with Crippen molar-refractivity contribution in [3.63, 3.8) is 0 Å². The molecule has 25 unspecified atom stereocenters. The topological polar surface area (TPSA) is 0 Å². The molecule has 0 amide bonds. The lowest BCUT2D eigenvalue weighted by Crippen LogP contribution is -2.47. The van der Waals surface area contributed by atoms with Crippen molar-refractivity contribution in [3.05, 3.63) is 22.8 Å². The molecule has 5 saturated heterocycles. The first-order chi connectivity index (χ1) is 49.9. The fourth-order valence-electron chi connectivity index (χ4n) is 29.0. The lowest BCUT2D eigenvalue weighted by atomic mass is 9.64. The van der Waals surface area contributed by atoms with Gasteiger partial charge < -0.3 is 0 Å². The Labute approximate surface area is 697 Å². The molecule has 0 aromatic carbocycles. The second-order valence-electron chi connectivity index (χ2n) is 46.8. The number of allylic oxidation sites excluding steroid dienone is 2. The lowest BCUT2D eigenvalue weighted by molar-refractivity contribution is 0.0913. The quantitative estimate of drug-likeness (QED) is 0.255. The van der Waals surface area contributed by atoms with Gasteiger partial charge in [0.2, 0.25) is 0 Å². The van der Waals surface area contributed by atoms with Crippen molar-refractivity contribution in [2.24, 2.45) is 151 Å². The van der Waals surface area contributed by atoms with Crippen molar-refractivity contribution in [2.45, 2.75) is 407 Å². The van der Waals surface area contributed by atoms with Crippen LogP contribution in [0.25, 0.3) is 0 Å². The van der Waals surface area contributed by atoms with Crippen LogP contribution in [0.4, 0.5) is 0 Å². The summed E-state index contributed by atoms with van der Waals surface area (Å²) in [4.78, 5) is 0. The maximum atomic E-state index is 2.62. The summed E-state index contributed by atoms with van der Waals surface area (Å²) in [5.41, 5.74) is 8.86. The van der Waals surface area contributed by atoms with E-state index in [9.17, 15) is 0 Å². The van der Waals surface area contributed by atoms with Crippen LogP contribution in [0, 0.1) is 151 Å². The van der Waals surface area contributed by atoms with Gasteiger partial charge in [-0.1, -0.05) is 215 Å². The monoisotopic (exact) mass is 1600 g/mol. The fourth-order valence-corrected chi connectivity index (χ4v) is 43.2. The van der Waals surface area contributed by atoms with Gasteiger partial charge in [-0.3, -0.25) is 0 Å². The van der Waals surface area contributed by atoms with Crippen molar-refractivity contribution < 1.29 is 0 Å². The van der Waals surface area contributed by atoms with Crippen LogP contribution in [-0.4, -0.2) is 74.0 Å². The second kappa shape index (κ2) is 34.6. The summed E-state index contributed by atoms with van der Waals surface area (Å²) in [5, 5.41) is 1.04. The largest absolute Gasteiger partial charge is 0.158 e. The Bertz CT molecular complexity index is 2970. The number of thioether (sulfide) groups is 7. The van der Waals surface area contributed by atoms with Gasteiger partial charge in [-0.25, -0.2) is 0 Å². The minimum absolute atomic E-state index is 0.390. The lowest BCUT2D eigenvalue weighted by Gasteiger charge is -2.53. The average Bonchev–Trinajstić information content (AvgIpc) is 1.54. The van der Waals surface area contributed by atoms with Gasteiger partial charge in [-0.05, 0) is 350 Å². The third kappa shape index (κ3) is 18.1. The van der Waals surface area contributed by atoms with Crippen molar-refractivity contribution in [1.82, 2.24) is 0 Å². The van der Waals surface area contributed by atoms with Crippen molar-refractivity contribution >= 4 is 82.3 Å². The molecule has 7 heteroatoms. The van der Waals surface area contributed by atoms with E-state index in [0.717, 1.165) is 129 Å². The fraction of sp³-hybridized carbons (Fsp3) is 0.960. The Hall–Kier alpha value is 1.93. The Morgan fingerprint density at radius 3 is 1.47 bits per heavy atom. The zero-order valence-electron chi connectivity index (χ0n) is 75.8. The molecule has 618 valence electrons. The number of hydrogen-bond donors (Lipinski definition) is 0. The maximum Gasteiger partial charge on any atom is 0.0285 e. The summed E-state index contributed by atoms with van der Waals surface area (Å²) in [6.07, 6.45) is 44.0. The number of hydrogen-bond acceptors (Lipinski definition) is 7. The van der Waals surface area contributed by atoms with Gasteiger partial charge >= 0.3 is 0 Å². The highest BCUT2D eigenvalue weighted by Crippen LogP contribution is 2.77. The van der Waals surface area contributed by atoms with Gasteiger partial charge in [0.25, 0.3) is 0 Å². The predicted molar refractivity (Wildman–Crippen MR) is 495 cm³/mol. The third-order valence-corrected chi connectivity index (χ3v) is 48.8. The van der Waals surface area contributed by atoms with Crippen LogP contribution >= 0.6 is 82.3 Å². The minimum atomic E-state index is 0.390. The van der Waals surface area contributed by atoms with Crippen LogP contribution in [0.5, 0.6) is 0 Å². The molecule has 15 fully saturated rings. The van der Waals surface area contributed by atoms with E-state index in [2.05, 4.69) is 282 Å². The van der Waals surface area contributed by atoms with E-state index >= 15 is 0 Å². The van der Waals surface area contributed by atoms with Crippen LogP contribution in [-0.2, 0) is 0 Å². The molecule has 0 aromatic rings. The van der Waals surface area contributed by atoms with E-state index in [-0.39, 0.29) is 0 Å². The van der Waals surface area contributed by atoms with Crippen LogP contribution in [0.15, 0.2) is 22.8 Å². The summed E-state index contributed by atoms with van der Waals surface area (Å²) in [7, 11) is 0. The highest BCUT2D eigenvalue weighted by molar-refractivity contribution is 8.02. The molecule has 0 N–H and O–H groups in total. The van der Waals surface area contributed by atoms with Gasteiger partial charge in [0, 0.05) is 56.4 Å². The first-order valence-corrected chi connectivity index (χ1v) is 53.6. The second-order valence-corrected chi connectivity index (χ2v) is 57.2. The van der Waals surface area contributed by atoms with E-state index in [0.29, 0.717) is 55.6 Å². The number of fused-ring (bicyclic) bond motifs is 6. The van der Waals surface area contributed by atoms with Crippen LogP contribution < -0.4 is 0 Å². The van der Waals surface area contributed by atoms with Gasteiger partial charge in [-0.2, -0.15) is 82.3 Å². The highest BCUT2D eigenvalue weighted by Gasteiger charge is 2.70. The van der Waals surface area contributed by atoms with Crippen molar-refractivity contribution in [2.75, 3.05) is 40.3 Å². The van der Waals surface area contributed by atoms with E-state index in [1.165, 1.54) is 220 Å². The Balaban J connectivity index is 0.000000125. The molecular weight excluding hydrogens is 1430 g/mol. The molecule has 17 rings (SSSR count). The molecule has 0 radical (unpaired) electrons. The Morgan fingerprint density at radius 1 is 0.393 bits per heavy atom. The van der Waals surface area contributed by atoms with Crippen LogP contribution in [0.2, 0.25) is 0 Å². The molecule has 17 aliphatic rings. The summed E-state index contributed by atoms with van der Waals surface area (Å²) in [6, 6.07) is 0. The first-order valence-electron chi connectivity index (χ1n) is 46.7. The molecule has 6 spiro atoms. The van der Waals surface area contributed by atoms with Crippen LogP contribution in [0.1, 0.15) is 374 Å². The average molecular weight is 1600 g/mol. The summed E-state index contributed by atoms with van der Waals surface area (Å²) in [6.45, 7) is 69.0. The molecule has 7 heterocycles. The zero-order valence-corrected chi connectivity index (χ0v) is 81.5. The zero-order chi connectivity index (χ0) is 78.3. The molecule has 107 heavy (non-hydrogen) atoms.